The van der Waals surface area contributed by atoms with Crippen molar-refractivity contribution in [2.45, 2.75) is 12.6 Å². The maximum Gasteiger partial charge on any atom is 0.405 e. The molecule has 0 aliphatic carbocycles. The first-order valence-corrected chi connectivity index (χ1v) is 6.25. The lowest BCUT2D eigenvalue weighted by molar-refractivity contribution is -0.137. The van der Waals surface area contributed by atoms with Crippen molar-refractivity contribution in [2.24, 2.45) is 5.92 Å². The summed E-state index contributed by atoms with van der Waals surface area (Å²) in [5.74, 6) is 2.13. The normalized spacial score (nSPS) is 21.1. The van der Waals surface area contributed by atoms with Gasteiger partial charge in [0.1, 0.15) is 6.54 Å². The zero-order valence-corrected chi connectivity index (χ0v) is 9.59. The van der Waals surface area contributed by atoms with Gasteiger partial charge < -0.3 is 10.6 Å². The number of hydrogen-bond donors (Lipinski definition) is 2. The Morgan fingerprint density at radius 1 is 1.44 bits per heavy atom. The highest BCUT2D eigenvalue weighted by molar-refractivity contribution is 7.99. The van der Waals surface area contributed by atoms with E-state index in [0.717, 1.165) is 17.9 Å². The fourth-order valence-corrected chi connectivity index (χ4v) is 2.68. The number of thioether (sulfide) groups is 1. The fraction of sp³-hybridized carbons (Fsp3) is 0.889. The molecule has 1 amide bonds. The summed E-state index contributed by atoms with van der Waals surface area (Å²) in [5.41, 5.74) is 0. The Kier molecular flexibility index (Phi) is 5.40. The van der Waals surface area contributed by atoms with E-state index in [4.69, 9.17) is 0 Å². The van der Waals surface area contributed by atoms with E-state index in [-0.39, 0.29) is 6.54 Å². The fourth-order valence-electron chi connectivity index (χ4n) is 1.40. The van der Waals surface area contributed by atoms with Crippen LogP contribution in [0.15, 0.2) is 0 Å². The van der Waals surface area contributed by atoms with Crippen molar-refractivity contribution < 1.29 is 18.0 Å². The molecule has 0 saturated carbocycles. The largest absolute Gasteiger partial charge is 0.405 e. The number of halogens is 3. The van der Waals surface area contributed by atoms with Crippen LogP contribution in [-0.2, 0) is 4.79 Å². The number of carbonyl (C=O) groups excluding carboxylic acids is 1. The van der Waals surface area contributed by atoms with E-state index in [1.807, 2.05) is 17.1 Å². The molecule has 2 N–H and O–H groups in total. The Labute approximate surface area is 96.5 Å². The van der Waals surface area contributed by atoms with Gasteiger partial charge in [0.2, 0.25) is 5.91 Å². The van der Waals surface area contributed by atoms with Crippen molar-refractivity contribution >= 4 is 17.7 Å². The molecule has 0 bridgehead atoms. The summed E-state index contributed by atoms with van der Waals surface area (Å²) in [4.78, 5) is 11.0. The topological polar surface area (TPSA) is 41.1 Å². The Bertz CT molecular complexity index is 229. The Morgan fingerprint density at radius 3 is 2.75 bits per heavy atom. The lowest BCUT2D eigenvalue weighted by atomic mass is 10.1. The van der Waals surface area contributed by atoms with E-state index in [1.54, 1.807) is 0 Å². The molecular formula is C9H15F3N2OS. The second-order valence-corrected chi connectivity index (χ2v) is 4.90. The molecule has 7 heteroatoms. The predicted molar refractivity (Wildman–Crippen MR) is 57.4 cm³/mol. The minimum absolute atomic E-state index is 0.0444. The molecule has 0 spiro atoms. The van der Waals surface area contributed by atoms with Gasteiger partial charge in [-0.2, -0.15) is 24.9 Å². The highest BCUT2D eigenvalue weighted by Crippen LogP contribution is 2.22. The molecule has 0 aromatic carbocycles. The molecule has 1 atom stereocenters. The van der Waals surface area contributed by atoms with Gasteiger partial charge in [-0.3, -0.25) is 4.79 Å². The molecule has 1 fully saturated rings. The maximum atomic E-state index is 11.7. The minimum Gasteiger partial charge on any atom is -0.346 e. The first kappa shape index (κ1) is 13.6. The molecule has 1 aliphatic heterocycles. The van der Waals surface area contributed by atoms with Gasteiger partial charge in [-0.25, -0.2) is 0 Å². The van der Waals surface area contributed by atoms with Gasteiger partial charge in [0.25, 0.3) is 0 Å². The molecule has 1 unspecified atom stereocenters. The molecule has 1 heterocycles. The lowest BCUT2D eigenvalue weighted by Crippen LogP contribution is -2.40. The molecule has 0 aromatic rings. The van der Waals surface area contributed by atoms with Crippen molar-refractivity contribution in [1.29, 1.82) is 0 Å². The highest BCUT2D eigenvalue weighted by atomic mass is 32.2. The van der Waals surface area contributed by atoms with Crippen LogP contribution in [0.5, 0.6) is 0 Å². The zero-order valence-electron chi connectivity index (χ0n) is 8.77. The molecule has 1 rings (SSSR count). The van der Waals surface area contributed by atoms with Crippen LogP contribution in [-0.4, -0.2) is 43.2 Å². The Balaban J connectivity index is 2.01. The monoisotopic (exact) mass is 256 g/mol. The highest BCUT2D eigenvalue weighted by Gasteiger charge is 2.27. The van der Waals surface area contributed by atoms with Crippen molar-refractivity contribution in [1.82, 2.24) is 10.6 Å². The van der Waals surface area contributed by atoms with Gasteiger partial charge in [-0.15, -0.1) is 0 Å². The van der Waals surface area contributed by atoms with Crippen molar-refractivity contribution in [2.75, 3.05) is 31.1 Å². The van der Waals surface area contributed by atoms with Gasteiger partial charge >= 0.3 is 6.18 Å². The molecule has 1 saturated heterocycles. The van der Waals surface area contributed by atoms with E-state index in [9.17, 15) is 18.0 Å². The molecule has 3 nitrogen and oxygen atoms in total. The van der Waals surface area contributed by atoms with Gasteiger partial charge in [-0.05, 0) is 30.4 Å². The van der Waals surface area contributed by atoms with E-state index in [0.29, 0.717) is 12.5 Å². The van der Waals surface area contributed by atoms with E-state index in [1.165, 1.54) is 0 Å². The van der Waals surface area contributed by atoms with Gasteiger partial charge in [-0.1, -0.05) is 0 Å². The number of amides is 1. The summed E-state index contributed by atoms with van der Waals surface area (Å²) in [7, 11) is 0. The van der Waals surface area contributed by atoms with Crippen molar-refractivity contribution in [3.05, 3.63) is 0 Å². The van der Waals surface area contributed by atoms with Gasteiger partial charge in [0.15, 0.2) is 0 Å². The van der Waals surface area contributed by atoms with E-state index < -0.39 is 18.6 Å². The average Bonchev–Trinajstić information content (AvgIpc) is 2.66. The van der Waals surface area contributed by atoms with E-state index >= 15 is 0 Å². The summed E-state index contributed by atoms with van der Waals surface area (Å²) < 4.78 is 35.2. The summed E-state index contributed by atoms with van der Waals surface area (Å²) in [6.45, 7) is -0.601. The zero-order chi connectivity index (χ0) is 12.0. The minimum atomic E-state index is -4.34. The summed E-state index contributed by atoms with van der Waals surface area (Å²) in [6.07, 6.45) is -3.22. The number of rotatable bonds is 5. The third kappa shape index (κ3) is 6.22. The van der Waals surface area contributed by atoms with Crippen LogP contribution in [0.25, 0.3) is 0 Å². The third-order valence-corrected chi connectivity index (χ3v) is 3.46. The SMILES string of the molecule is O=C(CNCC1CCSC1)NCC(F)(F)F. The number of hydrogen-bond acceptors (Lipinski definition) is 3. The standard InChI is InChI=1S/C9H15F3N2OS/c10-9(11,12)6-14-8(15)4-13-3-7-1-2-16-5-7/h7,13H,1-6H2,(H,14,15). The van der Waals surface area contributed by atoms with Crippen LogP contribution in [0.2, 0.25) is 0 Å². The molecule has 16 heavy (non-hydrogen) atoms. The van der Waals surface area contributed by atoms with Crippen molar-refractivity contribution in [3.63, 3.8) is 0 Å². The summed E-state index contributed by atoms with van der Waals surface area (Å²) in [6, 6.07) is 0. The van der Waals surface area contributed by atoms with Crippen LogP contribution >= 0.6 is 11.8 Å². The van der Waals surface area contributed by atoms with Gasteiger partial charge in [0, 0.05) is 0 Å². The van der Waals surface area contributed by atoms with E-state index in [2.05, 4.69) is 5.32 Å². The molecule has 0 radical (unpaired) electrons. The second-order valence-electron chi connectivity index (χ2n) is 3.75. The van der Waals surface area contributed by atoms with Crippen molar-refractivity contribution in [3.8, 4) is 0 Å². The lowest BCUT2D eigenvalue weighted by Gasteiger charge is -2.11. The van der Waals surface area contributed by atoms with Crippen LogP contribution < -0.4 is 10.6 Å². The molecular weight excluding hydrogens is 241 g/mol. The second kappa shape index (κ2) is 6.34. The maximum absolute atomic E-state index is 11.7. The number of alkyl halides is 3. The molecule has 94 valence electrons. The smallest absolute Gasteiger partial charge is 0.346 e. The van der Waals surface area contributed by atoms with Crippen LogP contribution in [0, 0.1) is 5.92 Å². The Hall–Kier alpha value is -0.430. The third-order valence-electron chi connectivity index (χ3n) is 2.23. The van der Waals surface area contributed by atoms with Crippen LogP contribution in [0.3, 0.4) is 0 Å². The number of nitrogens with one attached hydrogen (secondary N) is 2. The molecule has 0 aromatic heterocycles. The first-order valence-electron chi connectivity index (χ1n) is 5.09. The Morgan fingerprint density at radius 2 is 2.19 bits per heavy atom. The quantitative estimate of drug-likeness (QED) is 0.771. The van der Waals surface area contributed by atoms with Gasteiger partial charge in [0.05, 0.1) is 6.54 Å². The molecule has 1 aliphatic rings. The van der Waals surface area contributed by atoms with Crippen LogP contribution in [0.4, 0.5) is 13.2 Å². The number of carbonyl (C=O) groups is 1. The first-order chi connectivity index (χ1) is 7.47. The average molecular weight is 256 g/mol. The predicted octanol–water partition coefficient (Wildman–Crippen LogP) is 1.01. The summed E-state index contributed by atoms with van der Waals surface area (Å²) >= 11 is 1.87. The van der Waals surface area contributed by atoms with Crippen LogP contribution in [0.1, 0.15) is 6.42 Å². The summed E-state index contributed by atoms with van der Waals surface area (Å²) in [5, 5.41) is 4.69.